The molecule has 2 bridgehead atoms. The van der Waals surface area contributed by atoms with Gasteiger partial charge in [0.25, 0.3) is 11.8 Å². The van der Waals surface area contributed by atoms with Gasteiger partial charge in [-0.25, -0.2) is 0 Å². The maximum atomic E-state index is 12.5. The van der Waals surface area contributed by atoms with E-state index >= 15 is 0 Å². The van der Waals surface area contributed by atoms with Crippen LogP contribution >= 0.6 is 0 Å². The van der Waals surface area contributed by atoms with Crippen LogP contribution in [0.25, 0.3) is 0 Å². The normalized spacial score (nSPS) is 30.8. The van der Waals surface area contributed by atoms with Crippen LogP contribution in [0.1, 0.15) is 26.0 Å². The predicted octanol–water partition coefficient (Wildman–Crippen LogP) is 2.27. The number of rotatable bonds is 5. The SMILES string of the molecule is CCN(CC)c1ccc(/C=N/N2C(=O)C3C4C=CC(C4)C3C2=O)o1. The summed E-state index contributed by atoms with van der Waals surface area (Å²) in [4.78, 5) is 27.1. The van der Waals surface area contributed by atoms with Crippen LogP contribution in [0.3, 0.4) is 0 Å². The summed E-state index contributed by atoms with van der Waals surface area (Å²) < 4.78 is 5.72. The largest absolute Gasteiger partial charge is 0.440 e. The van der Waals surface area contributed by atoms with Gasteiger partial charge in [0.05, 0.1) is 18.1 Å². The average Bonchev–Trinajstić information content (AvgIpc) is 3.33. The topological polar surface area (TPSA) is 66.1 Å². The summed E-state index contributed by atoms with van der Waals surface area (Å²) >= 11 is 0. The maximum absolute atomic E-state index is 12.5. The summed E-state index contributed by atoms with van der Waals surface area (Å²) in [6.07, 6.45) is 6.54. The van der Waals surface area contributed by atoms with Gasteiger partial charge in [-0.05, 0) is 38.2 Å². The van der Waals surface area contributed by atoms with Crippen LogP contribution in [0.15, 0.2) is 33.8 Å². The van der Waals surface area contributed by atoms with Gasteiger partial charge in [0, 0.05) is 19.2 Å². The molecule has 6 heteroatoms. The molecule has 6 nitrogen and oxygen atoms in total. The van der Waals surface area contributed by atoms with Crippen molar-refractivity contribution in [3.8, 4) is 0 Å². The number of nitrogens with zero attached hydrogens (tertiary/aromatic N) is 3. The molecule has 1 saturated carbocycles. The summed E-state index contributed by atoms with van der Waals surface area (Å²) in [5, 5.41) is 5.17. The number of hydrazone groups is 1. The highest BCUT2D eigenvalue weighted by molar-refractivity contribution is 6.06. The van der Waals surface area contributed by atoms with Crippen LogP contribution < -0.4 is 4.90 Å². The van der Waals surface area contributed by atoms with Crippen molar-refractivity contribution in [2.24, 2.45) is 28.8 Å². The third-order valence-corrected chi connectivity index (χ3v) is 5.44. The number of hydrogen-bond donors (Lipinski definition) is 0. The number of amides is 2. The number of imide groups is 1. The molecule has 0 aromatic carbocycles. The van der Waals surface area contributed by atoms with E-state index < -0.39 is 0 Å². The van der Waals surface area contributed by atoms with Crippen LogP contribution in [-0.2, 0) is 9.59 Å². The minimum Gasteiger partial charge on any atom is -0.440 e. The van der Waals surface area contributed by atoms with Crippen molar-refractivity contribution in [3.05, 3.63) is 30.0 Å². The molecule has 126 valence electrons. The van der Waals surface area contributed by atoms with E-state index in [1.54, 1.807) is 6.07 Å². The van der Waals surface area contributed by atoms with Crippen molar-refractivity contribution in [2.75, 3.05) is 18.0 Å². The number of hydrogen-bond acceptors (Lipinski definition) is 5. The lowest BCUT2D eigenvalue weighted by atomic mass is 9.85. The summed E-state index contributed by atoms with van der Waals surface area (Å²) in [6, 6.07) is 3.68. The van der Waals surface area contributed by atoms with Gasteiger partial charge in [-0.2, -0.15) is 10.1 Å². The monoisotopic (exact) mass is 327 g/mol. The number of carbonyl (C=O) groups excluding carboxylic acids is 2. The first-order valence-electron chi connectivity index (χ1n) is 8.59. The minimum absolute atomic E-state index is 0.173. The van der Waals surface area contributed by atoms with Crippen molar-refractivity contribution in [2.45, 2.75) is 20.3 Å². The number of allylic oxidation sites excluding steroid dienone is 2. The molecule has 4 atom stereocenters. The highest BCUT2D eigenvalue weighted by Gasteiger charge is 2.59. The van der Waals surface area contributed by atoms with Crippen LogP contribution in [0, 0.1) is 23.7 Å². The molecule has 0 spiro atoms. The Morgan fingerprint density at radius 2 is 1.79 bits per heavy atom. The Hall–Kier alpha value is -2.37. The Morgan fingerprint density at radius 3 is 2.38 bits per heavy atom. The first-order chi connectivity index (χ1) is 11.6. The zero-order valence-corrected chi connectivity index (χ0v) is 13.9. The summed E-state index contributed by atoms with van der Waals surface area (Å²) in [5.41, 5.74) is 0. The molecular weight excluding hydrogens is 306 g/mol. The van der Waals surface area contributed by atoms with E-state index in [-0.39, 0.29) is 35.5 Å². The van der Waals surface area contributed by atoms with Gasteiger partial charge in [-0.1, -0.05) is 12.2 Å². The Balaban J connectivity index is 1.51. The Kier molecular flexibility index (Phi) is 3.55. The molecule has 1 aliphatic heterocycles. The Bertz CT molecular complexity index is 702. The second-order valence-electron chi connectivity index (χ2n) is 6.58. The van der Waals surface area contributed by atoms with Gasteiger partial charge >= 0.3 is 0 Å². The van der Waals surface area contributed by atoms with Crippen LogP contribution in [0.4, 0.5) is 5.88 Å². The molecule has 0 radical (unpaired) electrons. The molecule has 2 aliphatic carbocycles. The maximum Gasteiger partial charge on any atom is 0.254 e. The van der Waals surface area contributed by atoms with Gasteiger partial charge in [0.15, 0.2) is 5.88 Å². The zero-order chi connectivity index (χ0) is 16.8. The third kappa shape index (κ3) is 2.12. The molecule has 24 heavy (non-hydrogen) atoms. The zero-order valence-electron chi connectivity index (χ0n) is 13.9. The van der Waals surface area contributed by atoms with Gasteiger partial charge < -0.3 is 9.32 Å². The Labute approximate surface area is 140 Å². The molecule has 4 rings (SSSR count). The molecule has 1 saturated heterocycles. The fourth-order valence-electron chi connectivity index (χ4n) is 4.23. The Morgan fingerprint density at radius 1 is 1.17 bits per heavy atom. The van der Waals surface area contributed by atoms with Crippen molar-refractivity contribution >= 4 is 23.9 Å². The highest BCUT2D eigenvalue weighted by atomic mass is 16.4. The molecule has 3 aliphatic rings. The minimum atomic E-state index is -0.215. The number of fused-ring (bicyclic) bond motifs is 5. The van der Waals surface area contributed by atoms with E-state index in [2.05, 4.69) is 36.0 Å². The van der Waals surface area contributed by atoms with E-state index in [1.807, 2.05) is 6.07 Å². The predicted molar refractivity (Wildman–Crippen MR) is 89.4 cm³/mol. The van der Waals surface area contributed by atoms with Gasteiger partial charge in [0.1, 0.15) is 5.76 Å². The molecule has 0 N–H and O–H groups in total. The fraction of sp³-hybridized carbons (Fsp3) is 0.500. The molecule has 2 amide bonds. The number of carbonyl (C=O) groups is 2. The quantitative estimate of drug-likeness (QED) is 0.473. The van der Waals surface area contributed by atoms with E-state index in [1.165, 1.54) is 6.21 Å². The lowest BCUT2D eigenvalue weighted by Crippen LogP contribution is -2.28. The lowest BCUT2D eigenvalue weighted by Gasteiger charge is -2.16. The molecular formula is C18H21N3O3. The van der Waals surface area contributed by atoms with Crippen molar-refractivity contribution in [1.29, 1.82) is 0 Å². The summed E-state index contributed by atoms with van der Waals surface area (Å²) in [7, 11) is 0. The van der Waals surface area contributed by atoms with Crippen LogP contribution in [0.5, 0.6) is 0 Å². The first-order valence-corrected chi connectivity index (χ1v) is 8.59. The van der Waals surface area contributed by atoms with Crippen LogP contribution in [0.2, 0.25) is 0 Å². The van der Waals surface area contributed by atoms with E-state index in [4.69, 9.17) is 4.42 Å². The molecule has 1 aromatic rings. The summed E-state index contributed by atoms with van der Waals surface area (Å²) in [5.74, 6) is 0.932. The lowest BCUT2D eigenvalue weighted by molar-refractivity contribution is -0.140. The van der Waals surface area contributed by atoms with E-state index in [9.17, 15) is 9.59 Å². The van der Waals surface area contributed by atoms with Crippen molar-refractivity contribution < 1.29 is 14.0 Å². The molecule has 2 heterocycles. The highest BCUT2D eigenvalue weighted by Crippen LogP contribution is 2.52. The number of anilines is 1. The standard InChI is InChI=1S/C18H21N3O3/c1-3-20(4-2)14-8-7-13(24-14)10-19-21-17(22)15-11-5-6-12(9-11)16(15)18(21)23/h5-8,10-12,15-16H,3-4,9H2,1-2H3/b19-10+. The van der Waals surface area contributed by atoms with Crippen LogP contribution in [-0.4, -0.2) is 36.1 Å². The van der Waals surface area contributed by atoms with Crippen molar-refractivity contribution in [3.63, 3.8) is 0 Å². The molecule has 4 unspecified atom stereocenters. The second-order valence-corrected chi connectivity index (χ2v) is 6.58. The smallest absolute Gasteiger partial charge is 0.254 e. The first kappa shape index (κ1) is 15.2. The van der Waals surface area contributed by atoms with Gasteiger partial charge in [0.2, 0.25) is 0 Å². The summed E-state index contributed by atoms with van der Waals surface area (Å²) in [6.45, 7) is 5.82. The van der Waals surface area contributed by atoms with Gasteiger partial charge in [-0.3, -0.25) is 9.59 Å². The van der Waals surface area contributed by atoms with E-state index in [0.717, 1.165) is 30.4 Å². The second kappa shape index (κ2) is 5.61. The molecule has 1 aromatic heterocycles. The third-order valence-electron chi connectivity index (χ3n) is 5.44. The van der Waals surface area contributed by atoms with E-state index in [0.29, 0.717) is 5.76 Å². The molecule has 2 fully saturated rings. The fourth-order valence-corrected chi connectivity index (χ4v) is 4.23. The number of furan rings is 1. The van der Waals surface area contributed by atoms with Crippen molar-refractivity contribution in [1.82, 2.24) is 5.01 Å². The van der Waals surface area contributed by atoms with Gasteiger partial charge in [-0.15, -0.1) is 0 Å². The average molecular weight is 327 g/mol.